The lowest BCUT2D eigenvalue weighted by Crippen LogP contribution is -2.30. The standard InChI is InChI=1S/C15H19N5O3/c1-9-4-10(5-14(21)16-9)15(22)20-6-11(13(8-20)23-3)12-7-19(2)18-17-12/h4-5,7,11,13H,6,8H2,1-3H3,(H,16,21)/t11-,13+/m0/s1. The van der Waals surface area contributed by atoms with Crippen LogP contribution >= 0.6 is 0 Å². The Balaban J connectivity index is 1.84. The van der Waals surface area contributed by atoms with Gasteiger partial charge in [-0.25, -0.2) is 0 Å². The van der Waals surface area contributed by atoms with Gasteiger partial charge in [0, 0.05) is 50.8 Å². The summed E-state index contributed by atoms with van der Waals surface area (Å²) in [6, 6.07) is 3.01. The van der Waals surface area contributed by atoms with Gasteiger partial charge >= 0.3 is 0 Å². The molecule has 0 bridgehead atoms. The summed E-state index contributed by atoms with van der Waals surface area (Å²) in [4.78, 5) is 28.6. The Morgan fingerprint density at radius 2 is 2.17 bits per heavy atom. The average molecular weight is 317 g/mol. The third-order valence-electron chi connectivity index (χ3n) is 4.08. The van der Waals surface area contributed by atoms with E-state index in [9.17, 15) is 9.59 Å². The van der Waals surface area contributed by atoms with E-state index in [1.165, 1.54) is 6.07 Å². The number of rotatable bonds is 3. The fourth-order valence-corrected chi connectivity index (χ4v) is 2.99. The van der Waals surface area contributed by atoms with Crippen LogP contribution in [-0.4, -0.2) is 57.1 Å². The van der Waals surface area contributed by atoms with Crippen LogP contribution in [-0.2, 0) is 11.8 Å². The zero-order valence-corrected chi connectivity index (χ0v) is 13.3. The number of ether oxygens (including phenoxy) is 1. The number of hydrogen-bond donors (Lipinski definition) is 1. The molecule has 3 rings (SSSR count). The molecule has 23 heavy (non-hydrogen) atoms. The molecule has 1 aliphatic rings. The molecule has 1 saturated heterocycles. The van der Waals surface area contributed by atoms with Gasteiger partial charge in [-0.15, -0.1) is 5.10 Å². The van der Waals surface area contributed by atoms with Gasteiger partial charge in [-0.3, -0.25) is 14.3 Å². The molecular formula is C15H19N5O3. The van der Waals surface area contributed by atoms with Gasteiger partial charge in [-0.2, -0.15) is 0 Å². The summed E-state index contributed by atoms with van der Waals surface area (Å²) in [7, 11) is 3.43. The molecule has 2 atom stereocenters. The number of aryl methyl sites for hydroxylation is 2. The minimum Gasteiger partial charge on any atom is -0.379 e. The second-order valence-electron chi connectivity index (χ2n) is 5.82. The van der Waals surface area contributed by atoms with Crippen LogP contribution in [0, 0.1) is 6.92 Å². The minimum atomic E-state index is -0.277. The van der Waals surface area contributed by atoms with Crippen molar-refractivity contribution in [3.63, 3.8) is 0 Å². The molecule has 2 aromatic heterocycles. The van der Waals surface area contributed by atoms with E-state index in [1.54, 1.807) is 36.7 Å². The molecule has 3 heterocycles. The largest absolute Gasteiger partial charge is 0.379 e. The summed E-state index contributed by atoms with van der Waals surface area (Å²) >= 11 is 0. The topological polar surface area (TPSA) is 93.1 Å². The van der Waals surface area contributed by atoms with Crippen LogP contribution in [0.4, 0.5) is 0 Å². The maximum atomic E-state index is 12.7. The monoisotopic (exact) mass is 317 g/mol. The van der Waals surface area contributed by atoms with Crippen LogP contribution in [0.25, 0.3) is 0 Å². The van der Waals surface area contributed by atoms with Crippen molar-refractivity contribution in [1.29, 1.82) is 0 Å². The SMILES string of the molecule is CO[C@@H]1CN(C(=O)c2cc(C)[nH]c(=O)c2)C[C@H]1c1cn(C)nn1. The van der Waals surface area contributed by atoms with Crippen molar-refractivity contribution in [2.75, 3.05) is 20.2 Å². The molecule has 0 aromatic carbocycles. The molecule has 1 aliphatic heterocycles. The number of aromatic nitrogens is 4. The maximum Gasteiger partial charge on any atom is 0.254 e. The highest BCUT2D eigenvalue weighted by Gasteiger charge is 2.38. The second kappa shape index (κ2) is 5.96. The molecule has 0 spiro atoms. The Hall–Kier alpha value is -2.48. The molecule has 1 amide bonds. The van der Waals surface area contributed by atoms with Gasteiger partial charge in [0.25, 0.3) is 5.91 Å². The molecule has 2 aromatic rings. The van der Waals surface area contributed by atoms with Crippen LogP contribution in [0.2, 0.25) is 0 Å². The summed E-state index contributed by atoms with van der Waals surface area (Å²) in [5.41, 5.74) is 1.58. The van der Waals surface area contributed by atoms with Gasteiger partial charge in [0.15, 0.2) is 0 Å². The highest BCUT2D eigenvalue weighted by atomic mass is 16.5. The minimum absolute atomic E-state index is 0.0271. The molecule has 0 radical (unpaired) electrons. The number of carbonyl (C=O) groups is 1. The Bertz CT molecular complexity index is 781. The number of pyridine rings is 1. The Kier molecular flexibility index (Phi) is 3.99. The quantitative estimate of drug-likeness (QED) is 0.864. The normalized spacial score (nSPS) is 20.9. The van der Waals surface area contributed by atoms with Crippen molar-refractivity contribution in [3.05, 3.63) is 45.6 Å². The van der Waals surface area contributed by atoms with E-state index in [1.807, 2.05) is 6.20 Å². The number of amides is 1. The van der Waals surface area contributed by atoms with Crippen molar-refractivity contribution in [3.8, 4) is 0 Å². The summed E-state index contributed by atoms with van der Waals surface area (Å²) in [5.74, 6) is -0.201. The van der Waals surface area contributed by atoms with E-state index in [0.29, 0.717) is 24.3 Å². The Morgan fingerprint density at radius 1 is 1.39 bits per heavy atom. The number of hydrogen-bond acceptors (Lipinski definition) is 5. The first kappa shape index (κ1) is 15.4. The predicted octanol–water partition coefficient (Wildman–Crippen LogP) is 0.0664. The first-order valence-corrected chi connectivity index (χ1v) is 7.37. The van der Waals surface area contributed by atoms with E-state index >= 15 is 0 Å². The fraction of sp³-hybridized carbons (Fsp3) is 0.467. The van der Waals surface area contributed by atoms with E-state index < -0.39 is 0 Å². The smallest absolute Gasteiger partial charge is 0.254 e. The summed E-state index contributed by atoms with van der Waals surface area (Å²) < 4.78 is 7.14. The molecular weight excluding hydrogens is 298 g/mol. The number of carbonyl (C=O) groups excluding carboxylic acids is 1. The van der Waals surface area contributed by atoms with Crippen molar-refractivity contribution in [2.45, 2.75) is 18.9 Å². The van der Waals surface area contributed by atoms with Crippen LogP contribution in [0.3, 0.4) is 0 Å². The first-order valence-electron chi connectivity index (χ1n) is 7.37. The zero-order chi connectivity index (χ0) is 16.6. The van der Waals surface area contributed by atoms with Crippen molar-refractivity contribution in [2.24, 2.45) is 7.05 Å². The predicted molar refractivity (Wildman–Crippen MR) is 82.2 cm³/mol. The number of aromatic amines is 1. The third kappa shape index (κ3) is 3.02. The van der Waals surface area contributed by atoms with Crippen molar-refractivity contribution < 1.29 is 9.53 Å². The first-order chi connectivity index (χ1) is 11.0. The van der Waals surface area contributed by atoms with E-state index in [-0.39, 0.29) is 23.5 Å². The van der Waals surface area contributed by atoms with Gasteiger partial charge in [-0.05, 0) is 13.0 Å². The van der Waals surface area contributed by atoms with Gasteiger partial charge < -0.3 is 14.6 Å². The lowest BCUT2D eigenvalue weighted by molar-refractivity contribution is 0.0714. The lowest BCUT2D eigenvalue weighted by atomic mass is 10.0. The number of H-pyrrole nitrogens is 1. The van der Waals surface area contributed by atoms with Crippen molar-refractivity contribution >= 4 is 5.91 Å². The molecule has 8 heteroatoms. The molecule has 1 N–H and O–H groups in total. The van der Waals surface area contributed by atoms with Gasteiger partial charge in [-0.1, -0.05) is 5.21 Å². The highest BCUT2D eigenvalue weighted by Crippen LogP contribution is 2.29. The fourth-order valence-electron chi connectivity index (χ4n) is 2.99. The highest BCUT2D eigenvalue weighted by molar-refractivity contribution is 5.94. The van der Waals surface area contributed by atoms with Gasteiger partial charge in [0.1, 0.15) is 0 Å². The van der Waals surface area contributed by atoms with Crippen LogP contribution in [0.1, 0.15) is 27.7 Å². The zero-order valence-electron chi connectivity index (χ0n) is 13.3. The molecule has 0 aliphatic carbocycles. The Morgan fingerprint density at radius 3 is 2.78 bits per heavy atom. The van der Waals surface area contributed by atoms with E-state index in [0.717, 1.165) is 5.69 Å². The van der Waals surface area contributed by atoms with Gasteiger partial charge in [0.05, 0.1) is 17.7 Å². The number of nitrogens with zero attached hydrogens (tertiary/aromatic N) is 4. The van der Waals surface area contributed by atoms with E-state index in [4.69, 9.17) is 4.74 Å². The van der Waals surface area contributed by atoms with Crippen molar-refractivity contribution in [1.82, 2.24) is 24.9 Å². The number of likely N-dealkylation sites (tertiary alicyclic amines) is 1. The third-order valence-corrected chi connectivity index (χ3v) is 4.08. The summed E-state index contributed by atoms with van der Waals surface area (Å²) in [6.07, 6.45) is 1.70. The summed E-state index contributed by atoms with van der Waals surface area (Å²) in [6.45, 7) is 2.70. The van der Waals surface area contributed by atoms with Crippen LogP contribution < -0.4 is 5.56 Å². The molecule has 8 nitrogen and oxygen atoms in total. The number of nitrogens with one attached hydrogen (secondary N) is 1. The average Bonchev–Trinajstić information content (AvgIpc) is 3.11. The second-order valence-corrected chi connectivity index (χ2v) is 5.82. The summed E-state index contributed by atoms with van der Waals surface area (Å²) in [5, 5.41) is 8.07. The Labute approximate surface area is 133 Å². The molecule has 0 unspecified atom stereocenters. The molecule has 0 saturated carbocycles. The van der Waals surface area contributed by atoms with Crippen LogP contribution in [0.15, 0.2) is 23.1 Å². The lowest BCUT2D eigenvalue weighted by Gasteiger charge is -2.16. The van der Waals surface area contributed by atoms with E-state index in [2.05, 4.69) is 15.3 Å². The number of methoxy groups -OCH3 is 1. The molecule has 122 valence electrons. The van der Waals surface area contributed by atoms with Gasteiger partial charge in [0.2, 0.25) is 5.56 Å². The maximum absolute atomic E-state index is 12.7. The van der Waals surface area contributed by atoms with Crippen LogP contribution in [0.5, 0.6) is 0 Å². The molecule has 1 fully saturated rings.